The van der Waals surface area contributed by atoms with Crippen LogP contribution in [0.25, 0.3) is 97.0 Å². The number of rotatable bonds is 7. The molecule has 0 unspecified atom stereocenters. The molecule has 0 saturated carbocycles. The third kappa shape index (κ3) is 6.07. The Morgan fingerprint density at radius 3 is 1.63 bits per heavy atom. The van der Waals surface area contributed by atoms with E-state index >= 15 is 0 Å². The second-order valence-electron chi connectivity index (χ2n) is 16.0. The molecular weight excluding hydrogens is 767 g/mol. The Bertz CT molecular complexity index is 3620. The third-order valence-corrected chi connectivity index (χ3v) is 13.7. The van der Waals surface area contributed by atoms with Gasteiger partial charge in [-0.1, -0.05) is 194 Å². The summed E-state index contributed by atoms with van der Waals surface area (Å²) in [7, 11) is 0. The Morgan fingerprint density at radius 2 is 0.839 bits per heavy atom. The molecule has 0 spiro atoms. The van der Waals surface area contributed by atoms with E-state index in [9.17, 15) is 0 Å². The lowest BCUT2D eigenvalue weighted by molar-refractivity contribution is 1.30. The Kier molecular flexibility index (Phi) is 8.76. The van der Waals surface area contributed by atoms with E-state index in [1.54, 1.807) is 0 Å². The fraction of sp³-hybridized carbons (Fsp3) is 0. The summed E-state index contributed by atoms with van der Waals surface area (Å²) in [4.78, 5) is 2.42. The molecular formula is C60H39NS. The van der Waals surface area contributed by atoms with E-state index < -0.39 is 0 Å². The van der Waals surface area contributed by atoms with E-state index in [0.29, 0.717) is 0 Å². The van der Waals surface area contributed by atoms with Gasteiger partial charge in [0.15, 0.2) is 0 Å². The van der Waals surface area contributed by atoms with E-state index in [1.807, 2.05) is 11.3 Å². The number of nitrogens with zero attached hydrogens (tertiary/aromatic N) is 1. The first kappa shape index (κ1) is 36.1. The molecule has 0 bridgehead atoms. The maximum atomic E-state index is 2.42. The van der Waals surface area contributed by atoms with Gasteiger partial charge in [-0.2, -0.15) is 0 Å². The summed E-state index contributed by atoms with van der Waals surface area (Å²) in [6.45, 7) is 0. The van der Waals surface area contributed by atoms with Gasteiger partial charge in [0.2, 0.25) is 0 Å². The zero-order valence-corrected chi connectivity index (χ0v) is 34.7. The first-order valence-corrected chi connectivity index (χ1v) is 22.1. The van der Waals surface area contributed by atoms with Crippen LogP contribution in [-0.2, 0) is 0 Å². The van der Waals surface area contributed by atoms with E-state index in [2.05, 4.69) is 241 Å². The predicted octanol–water partition coefficient (Wildman–Crippen LogP) is 17.7. The molecule has 0 radical (unpaired) electrons. The van der Waals surface area contributed by atoms with Gasteiger partial charge in [-0.25, -0.2) is 0 Å². The van der Waals surface area contributed by atoms with Gasteiger partial charge in [0.05, 0.1) is 5.69 Å². The molecule has 0 saturated heterocycles. The molecule has 2 heteroatoms. The zero-order chi connectivity index (χ0) is 41.0. The van der Waals surface area contributed by atoms with Crippen molar-refractivity contribution in [3.8, 4) is 44.5 Å². The van der Waals surface area contributed by atoms with Crippen LogP contribution in [-0.4, -0.2) is 0 Å². The molecule has 0 amide bonds. The molecule has 1 heterocycles. The zero-order valence-electron chi connectivity index (χ0n) is 33.9. The van der Waals surface area contributed by atoms with Gasteiger partial charge in [0, 0.05) is 36.9 Å². The summed E-state index contributed by atoms with van der Waals surface area (Å²) in [5.74, 6) is 0. The van der Waals surface area contributed by atoms with Crippen LogP contribution >= 0.6 is 11.3 Å². The molecule has 12 aromatic rings. The van der Waals surface area contributed by atoms with E-state index in [4.69, 9.17) is 0 Å². The highest BCUT2D eigenvalue weighted by Crippen LogP contribution is 2.47. The topological polar surface area (TPSA) is 3.24 Å². The summed E-state index contributed by atoms with van der Waals surface area (Å²) >= 11 is 1.88. The van der Waals surface area contributed by atoms with Gasteiger partial charge in [0.25, 0.3) is 0 Å². The molecule has 0 atom stereocenters. The largest absolute Gasteiger partial charge is 0.310 e. The first-order chi connectivity index (χ1) is 30.8. The van der Waals surface area contributed by atoms with Crippen molar-refractivity contribution in [3.63, 3.8) is 0 Å². The Hall–Kier alpha value is -7.78. The smallest absolute Gasteiger partial charge is 0.0540 e. The van der Waals surface area contributed by atoms with Gasteiger partial charge in [-0.3, -0.25) is 0 Å². The van der Waals surface area contributed by atoms with Crippen LogP contribution < -0.4 is 4.90 Å². The van der Waals surface area contributed by atoms with Crippen LogP contribution in [0.2, 0.25) is 0 Å². The minimum Gasteiger partial charge on any atom is -0.310 e. The summed E-state index contributed by atoms with van der Waals surface area (Å²) in [5.41, 5.74) is 13.1. The number of hydrogen-bond acceptors (Lipinski definition) is 2. The Morgan fingerprint density at radius 1 is 0.290 bits per heavy atom. The molecule has 0 aliphatic heterocycles. The normalized spacial score (nSPS) is 11.5. The second-order valence-corrected chi connectivity index (χ2v) is 17.1. The summed E-state index contributed by atoms with van der Waals surface area (Å²) < 4.78 is 2.65. The molecule has 0 fully saturated rings. The van der Waals surface area contributed by atoms with Crippen molar-refractivity contribution in [3.05, 3.63) is 237 Å². The van der Waals surface area contributed by atoms with E-state index in [1.165, 1.54) is 91.4 Å². The van der Waals surface area contributed by atoms with Crippen molar-refractivity contribution in [2.75, 3.05) is 4.90 Å². The van der Waals surface area contributed by atoms with Crippen molar-refractivity contribution < 1.29 is 0 Å². The average Bonchev–Trinajstić information content (AvgIpc) is 3.74. The maximum Gasteiger partial charge on any atom is 0.0540 e. The van der Waals surface area contributed by atoms with Gasteiger partial charge in [-0.15, -0.1) is 11.3 Å². The molecule has 1 nitrogen and oxygen atoms in total. The third-order valence-electron chi connectivity index (χ3n) is 12.4. The minimum atomic E-state index is 1.10. The maximum absolute atomic E-state index is 2.42. The van der Waals surface area contributed by atoms with Crippen LogP contribution in [0.3, 0.4) is 0 Å². The summed E-state index contributed by atoms with van der Waals surface area (Å²) in [6.07, 6.45) is 0. The predicted molar refractivity (Wildman–Crippen MR) is 268 cm³/mol. The molecule has 1 aromatic heterocycles. The van der Waals surface area contributed by atoms with Gasteiger partial charge < -0.3 is 4.90 Å². The fourth-order valence-electron chi connectivity index (χ4n) is 9.60. The van der Waals surface area contributed by atoms with Crippen molar-refractivity contribution in [1.29, 1.82) is 0 Å². The molecule has 12 rings (SSSR count). The second kappa shape index (κ2) is 15.0. The first-order valence-electron chi connectivity index (χ1n) is 21.3. The molecule has 0 N–H and O–H groups in total. The van der Waals surface area contributed by atoms with Gasteiger partial charge >= 0.3 is 0 Å². The van der Waals surface area contributed by atoms with Crippen LogP contribution in [0.1, 0.15) is 0 Å². The highest BCUT2D eigenvalue weighted by Gasteiger charge is 2.20. The fourth-order valence-corrected chi connectivity index (χ4v) is 10.8. The van der Waals surface area contributed by atoms with Gasteiger partial charge in [0.1, 0.15) is 0 Å². The molecule has 0 aliphatic rings. The van der Waals surface area contributed by atoms with E-state index in [-0.39, 0.29) is 0 Å². The molecule has 0 aliphatic carbocycles. The molecule has 11 aromatic carbocycles. The number of fused-ring (bicyclic) bond motifs is 7. The molecule has 62 heavy (non-hydrogen) atoms. The summed E-state index contributed by atoms with van der Waals surface area (Å²) in [6, 6.07) is 86.7. The van der Waals surface area contributed by atoms with Crippen molar-refractivity contribution in [1.82, 2.24) is 0 Å². The van der Waals surface area contributed by atoms with Crippen LogP contribution in [0.4, 0.5) is 17.1 Å². The lowest BCUT2D eigenvalue weighted by Crippen LogP contribution is -2.10. The van der Waals surface area contributed by atoms with Crippen molar-refractivity contribution >= 4 is 80.9 Å². The minimum absolute atomic E-state index is 1.10. The Labute approximate surface area is 365 Å². The number of hydrogen-bond donors (Lipinski definition) is 0. The van der Waals surface area contributed by atoms with Crippen molar-refractivity contribution in [2.45, 2.75) is 0 Å². The summed E-state index contributed by atoms with van der Waals surface area (Å²) in [5, 5.41) is 10.1. The Balaban J connectivity index is 1.03. The van der Waals surface area contributed by atoms with Crippen LogP contribution in [0, 0.1) is 0 Å². The van der Waals surface area contributed by atoms with Crippen LogP contribution in [0.5, 0.6) is 0 Å². The SMILES string of the molecule is c1ccc(-c2c(-c3ccccc3)c3cc(-c4cccc(N(c5ccc(-c6cccc7c6sc6ccccc67)cc5)c5cccc6ccccc56)c4)ccc3c3ccccc23)cc1. The number of thiophene rings is 1. The van der Waals surface area contributed by atoms with E-state index in [0.717, 1.165) is 22.6 Å². The highest BCUT2D eigenvalue weighted by molar-refractivity contribution is 7.26. The lowest BCUT2D eigenvalue weighted by Gasteiger charge is -2.27. The van der Waals surface area contributed by atoms with Crippen LogP contribution in [0.15, 0.2) is 237 Å². The monoisotopic (exact) mass is 805 g/mol. The van der Waals surface area contributed by atoms with Gasteiger partial charge in [-0.05, 0) is 114 Å². The standard InChI is InChI=1S/C60H39NS/c1-3-17-42(18-4-1)58-53-27-10-9-25-50(53)51-37-34-45(39-55(51)59(58)43-19-5-2-6-20-43)44-22-13-23-47(38-44)61(56-30-14-21-40-16-7-8-24-48(40)56)46-35-32-41(33-36-46)49-28-15-29-54-52-26-11-12-31-57(52)62-60(49)54/h1-39H. The highest BCUT2D eigenvalue weighted by atomic mass is 32.1. The molecule has 290 valence electrons. The van der Waals surface area contributed by atoms with Crippen molar-refractivity contribution in [2.24, 2.45) is 0 Å². The number of benzene rings is 11. The average molecular weight is 806 g/mol. The number of anilines is 3. The quantitative estimate of drug-likeness (QED) is 0.145. The lowest BCUT2D eigenvalue weighted by atomic mass is 9.84.